The molecule has 1 aromatic rings. The van der Waals surface area contributed by atoms with E-state index in [4.69, 9.17) is 4.98 Å². The van der Waals surface area contributed by atoms with Gasteiger partial charge in [0.15, 0.2) is 0 Å². The van der Waals surface area contributed by atoms with Crippen molar-refractivity contribution in [2.45, 2.75) is 69.9 Å². The quantitative estimate of drug-likeness (QED) is 0.771. The zero-order valence-electron chi connectivity index (χ0n) is 12.2. The number of hydrogen-bond donors (Lipinski definition) is 1. The van der Waals surface area contributed by atoms with E-state index >= 15 is 0 Å². The van der Waals surface area contributed by atoms with Crippen LogP contribution in [0.25, 0.3) is 0 Å². The van der Waals surface area contributed by atoms with Crippen molar-refractivity contribution in [1.29, 1.82) is 0 Å². The largest absolute Gasteiger partial charge is 0.312 e. The molecule has 1 fully saturated rings. The number of rotatable bonds is 8. The lowest BCUT2D eigenvalue weighted by atomic mass is 10.2. The van der Waals surface area contributed by atoms with Gasteiger partial charge in [0.25, 0.3) is 0 Å². The number of thioether (sulfide) groups is 1. The molecule has 0 aliphatic heterocycles. The zero-order valence-corrected chi connectivity index (χ0v) is 13.8. The second-order valence-electron chi connectivity index (χ2n) is 5.23. The molecule has 0 radical (unpaired) electrons. The first-order chi connectivity index (χ1) is 9.33. The summed E-state index contributed by atoms with van der Waals surface area (Å²) in [5.41, 5.74) is 1.34. The Morgan fingerprint density at radius 3 is 2.79 bits per heavy atom. The van der Waals surface area contributed by atoms with Crippen LogP contribution in [0.15, 0.2) is 0 Å². The van der Waals surface area contributed by atoms with Crippen LogP contribution in [-0.2, 0) is 18.7 Å². The Bertz CT molecular complexity index is 370. The number of hydrogen-bond acceptors (Lipinski definition) is 4. The third-order valence-electron chi connectivity index (χ3n) is 3.59. The van der Waals surface area contributed by atoms with Gasteiger partial charge in [-0.3, -0.25) is 0 Å². The molecular formula is C15H26N2S2. The van der Waals surface area contributed by atoms with E-state index in [9.17, 15) is 0 Å². The first kappa shape index (κ1) is 15.3. The highest BCUT2D eigenvalue weighted by molar-refractivity contribution is 7.99. The van der Waals surface area contributed by atoms with Gasteiger partial charge in [0.1, 0.15) is 5.01 Å². The van der Waals surface area contributed by atoms with E-state index in [1.165, 1.54) is 47.7 Å². The molecule has 108 valence electrons. The van der Waals surface area contributed by atoms with Gasteiger partial charge < -0.3 is 5.32 Å². The maximum atomic E-state index is 4.87. The van der Waals surface area contributed by atoms with Gasteiger partial charge in [-0.1, -0.05) is 33.1 Å². The van der Waals surface area contributed by atoms with E-state index in [0.29, 0.717) is 0 Å². The Morgan fingerprint density at radius 1 is 1.32 bits per heavy atom. The summed E-state index contributed by atoms with van der Waals surface area (Å²) in [5.74, 6) is 1.12. The molecule has 0 amide bonds. The van der Waals surface area contributed by atoms with Crippen LogP contribution < -0.4 is 5.32 Å². The average molecular weight is 299 g/mol. The van der Waals surface area contributed by atoms with Gasteiger partial charge in [0.05, 0.1) is 5.69 Å². The van der Waals surface area contributed by atoms with Crippen molar-refractivity contribution in [2.75, 3.05) is 6.54 Å². The van der Waals surface area contributed by atoms with Crippen molar-refractivity contribution >= 4 is 23.1 Å². The number of nitrogens with zero attached hydrogens (tertiary/aromatic N) is 1. The van der Waals surface area contributed by atoms with Gasteiger partial charge in [-0.2, -0.15) is 11.8 Å². The summed E-state index contributed by atoms with van der Waals surface area (Å²) < 4.78 is 0. The van der Waals surface area contributed by atoms with E-state index < -0.39 is 0 Å². The van der Waals surface area contributed by atoms with Crippen LogP contribution in [0.5, 0.6) is 0 Å². The topological polar surface area (TPSA) is 24.9 Å². The molecule has 0 spiro atoms. The van der Waals surface area contributed by atoms with Crippen LogP contribution in [0.4, 0.5) is 0 Å². The van der Waals surface area contributed by atoms with Gasteiger partial charge in [0.2, 0.25) is 0 Å². The summed E-state index contributed by atoms with van der Waals surface area (Å²) in [5, 5.41) is 5.68. The fourth-order valence-corrected chi connectivity index (χ4v) is 4.98. The maximum Gasteiger partial charge on any atom is 0.103 e. The molecule has 1 aliphatic rings. The summed E-state index contributed by atoms with van der Waals surface area (Å²) >= 11 is 4.06. The van der Waals surface area contributed by atoms with Gasteiger partial charge in [0, 0.05) is 22.4 Å². The second-order valence-corrected chi connectivity index (χ2v) is 7.68. The molecule has 1 aliphatic carbocycles. The molecule has 19 heavy (non-hydrogen) atoms. The summed E-state index contributed by atoms with van der Waals surface area (Å²) in [7, 11) is 0. The predicted molar refractivity (Wildman–Crippen MR) is 87.0 cm³/mol. The fourth-order valence-electron chi connectivity index (χ4n) is 2.55. The number of thiazole rings is 1. The molecular weight excluding hydrogens is 272 g/mol. The molecule has 1 N–H and O–H groups in total. The second kappa shape index (κ2) is 8.28. The van der Waals surface area contributed by atoms with E-state index in [0.717, 1.165) is 30.5 Å². The third-order valence-corrected chi connectivity index (χ3v) is 6.25. The van der Waals surface area contributed by atoms with Crippen molar-refractivity contribution in [1.82, 2.24) is 10.3 Å². The highest BCUT2D eigenvalue weighted by Crippen LogP contribution is 2.33. The van der Waals surface area contributed by atoms with Crippen molar-refractivity contribution in [3.63, 3.8) is 0 Å². The molecule has 0 bridgehead atoms. The monoisotopic (exact) mass is 298 g/mol. The maximum absolute atomic E-state index is 4.87. The molecule has 0 unspecified atom stereocenters. The first-order valence-corrected chi connectivity index (χ1v) is 9.49. The van der Waals surface area contributed by atoms with Crippen LogP contribution in [-0.4, -0.2) is 16.8 Å². The van der Waals surface area contributed by atoms with Gasteiger partial charge >= 0.3 is 0 Å². The molecule has 2 nitrogen and oxygen atoms in total. The summed E-state index contributed by atoms with van der Waals surface area (Å²) in [4.78, 5) is 6.34. The fraction of sp³-hybridized carbons (Fsp3) is 0.800. The standard InChI is InChI=1S/C15H26N2S2/c1-3-7-13-14(10-16-4-2)19-15(17-13)11-18-12-8-5-6-9-12/h12,16H,3-11H2,1-2H3. The molecule has 2 rings (SSSR count). The van der Waals surface area contributed by atoms with Crippen LogP contribution >= 0.6 is 23.1 Å². The van der Waals surface area contributed by atoms with E-state index in [1.807, 2.05) is 11.3 Å². The van der Waals surface area contributed by atoms with Crippen LogP contribution in [0, 0.1) is 0 Å². The lowest BCUT2D eigenvalue weighted by Gasteiger charge is -2.05. The highest BCUT2D eigenvalue weighted by Gasteiger charge is 2.17. The van der Waals surface area contributed by atoms with Crippen LogP contribution in [0.1, 0.15) is 61.5 Å². The molecule has 1 aromatic heterocycles. The van der Waals surface area contributed by atoms with E-state index in [2.05, 4.69) is 30.9 Å². The molecule has 1 saturated carbocycles. The summed E-state index contributed by atoms with van der Waals surface area (Å²) in [6.45, 7) is 6.44. The molecule has 0 aromatic carbocycles. The molecule has 0 saturated heterocycles. The number of nitrogens with one attached hydrogen (secondary N) is 1. The van der Waals surface area contributed by atoms with E-state index in [1.54, 1.807) is 0 Å². The smallest absolute Gasteiger partial charge is 0.103 e. The van der Waals surface area contributed by atoms with Gasteiger partial charge in [-0.25, -0.2) is 4.98 Å². The van der Waals surface area contributed by atoms with Crippen molar-refractivity contribution in [2.24, 2.45) is 0 Å². The molecule has 4 heteroatoms. The van der Waals surface area contributed by atoms with Crippen molar-refractivity contribution in [3.05, 3.63) is 15.6 Å². The summed E-state index contributed by atoms with van der Waals surface area (Å²) in [6.07, 6.45) is 8.03. The van der Waals surface area contributed by atoms with Crippen LogP contribution in [0.3, 0.4) is 0 Å². The van der Waals surface area contributed by atoms with Crippen molar-refractivity contribution in [3.8, 4) is 0 Å². The lowest BCUT2D eigenvalue weighted by Crippen LogP contribution is -2.11. The Hall–Kier alpha value is -0.0600. The van der Waals surface area contributed by atoms with Gasteiger partial charge in [-0.15, -0.1) is 11.3 Å². The Kier molecular flexibility index (Phi) is 6.68. The highest BCUT2D eigenvalue weighted by atomic mass is 32.2. The van der Waals surface area contributed by atoms with E-state index in [-0.39, 0.29) is 0 Å². The van der Waals surface area contributed by atoms with Crippen LogP contribution in [0.2, 0.25) is 0 Å². The van der Waals surface area contributed by atoms with Crippen molar-refractivity contribution < 1.29 is 0 Å². The predicted octanol–water partition coefficient (Wildman–Crippen LogP) is 4.38. The minimum atomic E-state index is 0.899. The Balaban J connectivity index is 1.91. The first-order valence-electron chi connectivity index (χ1n) is 7.63. The normalized spacial score (nSPS) is 16.3. The third kappa shape index (κ3) is 4.76. The summed E-state index contributed by atoms with van der Waals surface area (Å²) in [6, 6.07) is 0. The number of aromatic nitrogens is 1. The Morgan fingerprint density at radius 2 is 2.11 bits per heavy atom. The Labute approximate surface area is 125 Å². The molecule has 0 atom stereocenters. The molecule has 1 heterocycles. The number of aryl methyl sites for hydroxylation is 1. The SMILES string of the molecule is CCCc1nc(CSC2CCCC2)sc1CNCC. The zero-order chi connectivity index (χ0) is 13.5. The van der Waals surface area contributed by atoms with Gasteiger partial charge in [-0.05, 0) is 25.8 Å². The average Bonchev–Trinajstić information content (AvgIpc) is 3.04. The lowest BCUT2D eigenvalue weighted by molar-refractivity contribution is 0.723. The minimum Gasteiger partial charge on any atom is -0.312 e. The minimum absolute atomic E-state index is 0.899.